The molecule has 1 spiro atoms. The van der Waals surface area contributed by atoms with E-state index in [1.54, 1.807) is 0 Å². The molecule has 11 heavy (non-hydrogen) atoms. The van der Waals surface area contributed by atoms with Crippen LogP contribution in [0, 0.1) is 11.8 Å². The van der Waals surface area contributed by atoms with Crippen LogP contribution in [0.15, 0.2) is 0 Å². The van der Waals surface area contributed by atoms with Crippen molar-refractivity contribution in [3.8, 4) is 0 Å². The van der Waals surface area contributed by atoms with Gasteiger partial charge < -0.3 is 5.32 Å². The van der Waals surface area contributed by atoms with Crippen LogP contribution < -0.4 is 5.32 Å². The largest absolute Gasteiger partial charge is 0.311 e. The van der Waals surface area contributed by atoms with Crippen molar-refractivity contribution in [2.45, 2.75) is 45.1 Å². The molecule has 2 rings (SSSR count). The molecular formula is C10H19N. The van der Waals surface area contributed by atoms with E-state index in [0.29, 0.717) is 5.54 Å². The number of hydrogen-bond donors (Lipinski definition) is 1. The number of nitrogens with one attached hydrogen (secondary N) is 1. The Labute approximate surface area is 69.6 Å². The number of hydrogen-bond acceptors (Lipinski definition) is 1. The summed E-state index contributed by atoms with van der Waals surface area (Å²) in [5.74, 6) is 1.89. The van der Waals surface area contributed by atoms with Crippen LogP contribution in [0.1, 0.15) is 39.5 Å². The van der Waals surface area contributed by atoms with E-state index in [2.05, 4.69) is 19.2 Å². The summed E-state index contributed by atoms with van der Waals surface area (Å²) in [7, 11) is 0. The van der Waals surface area contributed by atoms with Gasteiger partial charge in [0.1, 0.15) is 0 Å². The third kappa shape index (κ3) is 1.20. The lowest BCUT2D eigenvalue weighted by Crippen LogP contribution is -2.36. The van der Waals surface area contributed by atoms with Crippen molar-refractivity contribution < 1.29 is 0 Å². The van der Waals surface area contributed by atoms with Gasteiger partial charge in [-0.1, -0.05) is 13.8 Å². The molecule has 1 aliphatic carbocycles. The van der Waals surface area contributed by atoms with Crippen molar-refractivity contribution in [2.24, 2.45) is 11.8 Å². The van der Waals surface area contributed by atoms with Gasteiger partial charge >= 0.3 is 0 Å². The fourth-order valence-corrected chi connectivity index (χ4v) is 2.94. The van der Waals surface area contributed by atoms with Crippen LogP contribution in [-0.2, 0) is 0 Å². The SMILES string of the molecule is C[C@@H]1CC2(CCCN2)C[C@H]1C. The minimum absolute atomic E-state index is 0.582. The first kappa shape index (κ1) is 7.60. The van der Waals surface area contributed by atoms with E-state index in [1.807, 2.05) is 0 Å². The normalized spacial score (nSPS) is 42.0. The van der Waals surface area contributed by atoms with Crippen molar-refractivity contribution in [3.63, 3.8) is 0 Å². The van der Waals surface area contributed by atoms with Crippen molar-refractivity contribution in [1.29, 1.82) is 0 Å². The highest BCUT2D eigenvalue weighted by Gasteiger charge is 2.42. The Morgan fingerprint density at radius 2 is 1.82 bits per heavy atom. The lowest BCUT2D eigenvalue weighted by Gasteiger charge is -2.23. The molecule has 1 saturated carbocycles. The summed E-state index contributed by atoms with van der Waals surface area (Å²) >= 11 is 0. The summed E-state index contributed by atoms with van der Waals surface area (Å²) in [6.07, 6.45) is 5.68. The molecule has 0 amide bonds. The maximum Gasteiger partial charge on any atom is 0.0187 e. The highest BCUT2D eigenvalue weighted by Crippen LogP contribution is 2.43. The third-order valence-electron chi connectivity index (χ3n) is 3.73. The average Bonchev–Trinajstić information content (AvgIpc) is 2.46. The lowest BCUT2D eigenvalue weighted by atomic mass is 9.94. The van der Waals surface area contributed by atoms with Gasteiger partial charge in [-0.2, -0.15) is 0 Å². The van der Waals surface area contributed by atoms with Crippen molar-refractivity contribution in [1.82, 2.24) is 5.32 Å². The number of rotatable bonds is 0. The molecule has 1 aliphatic heterocycles. The van der Waals surface area contributed by atoms with E-state index < -0.39 is 0 Å². The van der Waals surface area contributed by atoms with E-state index in [0.717, 1.165) is 11.8 Å². The molecule has 1 N–H and O–H groups in total. The molecule has 64 valence electrons. The van der Waals surface area contributed by atoms with Gasteiger partial charge in [-0.3, -0.25) is 0 Å². The molecule has 0 aromatic rings. The monoisotopic (exact) mass is 153 g/mol. The Balaban J connectivity index is 2.06. The predicted octanol–water partition coefficient (Wildman–Crippen LogP) is 2.17. The molecule has 0 unspecified atom stereocenters. The molecule has 1 heteroatoms. The summed E-state index contributed by atoms with van der Waals surface area (Å²) in [5.41, 5.74) is 0.582. The van der Waals surface area contributed by atoms with Crippen LogP contribution in [0.3, 0.4) is 0 Å². The maximum atomic E-state index is 3.69. The van der Waals surface area contributed by atoms with Gasteiger partial charge in [0, 0.05) is 5.54 Å². The van der Waals surface area contributed by atoms with Crippen LogP contribution in [0.4, 0.5) is 0 Å². The second-order valence-electron chi connectivity index (χ2n) is 4.67. The molecule has 0 aromatic heterocycles. The average molecular weight is 153 g/mol. The second-order valence-corrected chi connectivity index (χ2v) is 4.67. The van der Waals surface area contributed by atoms with Crippen LogP contribution in [0.25, 0.3) is 0 Å². The molecular weight excluding hydrogens is 134 g/mol. The smallest absolute Gasteiger partial charge is 0.0187 e. The van der Waals surface area contributed by atoms with Crippen molar-refractivity contribution >= 4 is 0 Å². The van der Waals surface area contributed by atoms with Crippen LogP contribution in [0.2, 0.25) is 0 Å². The Hall–Kier alpha value is -0.0400. The van der Waals surface area contributed by atoms with Crippen LogP contribution >= 0.6 is 0 Å². The van der Waals surface area contributed by atoms with Gasteiger partial charge in [0.2, 0.25) is 0 Å². The Kier molecular flexibility index (Phi) is 1.71. The van der Waals surface area contributed by atoms with E-state index in [-0.39, 0.29) is 0 Å². The molecule has 1 nitrogen and oxygen atoms in total. The van der Waals surface area contributed by atoms with Crippen molar-refractivity contribution in [2.75, 3.05) is 6.54 Å². The van der Waals surface area contributed by atoms with Crippen LogP contribution in [0.5, 0.6) is 0 Å². The second kappa shape index (κ2) is 2.48. The predicted molar refractivity (Wildman–Crippen MR) is 47.5 cm³/mol. The summed E-state index contributed by atoms with van der Waals surface area (Å²) in [6, 6.07) is 0. The molecule has 0 bridgehead atoms. The first-order valence-electron chi connectivity index (χ1n) is 4.97. The highest BCUT2D eigenvalue weighted by atomic mass is 15.0. The lowest BCUT2D eigenvalue weighted by molar-refractivity contribution is 0.372. The van der Waals surface area contributed by atoms with Gasteiger partial charge in [-0.25, -0.2) is 0 Å². The molecule has 2 aliphatic rings. The quantitative estimate of drug-likeness (QED) is 0.562. The van der Waals surface area contributed by atoms with E-state index in [1.165, 1.54) is 32.2 Å². The zero-order valence-electron chi connectivity index (χ0n) is 7.69. The van der Waals surface area contributed by atoms with E-state index in [9.17, 15) is 0 Å². The summed E-state index contributed by atoms with van der Waals surface area (Å²) in [4.78, 5) is 0. The Morgan fingerprint density at radius 1 is 1.18 bits per heavy atom. The fourth-order valence-electron chi connectivity index (χ4n) is 2.94. The fraction of sp³-hybridized carbons (Fsp3) is 1.00. The van der Waals surface area contributed by atoms with Gasteiger partial charge in [-0.05, 0) is 44.1 Å². The van der Waals surface area contributed by atoms with Gasteiger partial charge in [0.25, 0.3) is 0 Å². The Bertz CT molecular complexity index is 135. The standard InChI is InChI=1S/C10H19N/c1-8-6-10(7-9(8)2)4-3-5-11-10/h8-9,11H,3-7H2,1-2H3/t8-,9-/m1/s1. The maximum absolute atomic E-state index is 3.69. The summed E-state index contributed by atoms with van der Waals surface area (Å²) in [6.45, 7) is 6.07. The Morgan fingerprint density at radius 3 is 2.27 bits per heavy atom. The van der Waals surface area contributed by atoms with Crippen LogP contribution in [-0.4, -0.2) is 12.1 Å². The van der Waals surface area contributed by atoms with Gasteiger partial charge in [-0.15, -0.1) is 0 Å². The first-order valence-corrected chi connectivity index (χ1v) is 4.97. The topological polar surface area (TPSA) is 12.0 Å². The molecule has 2 fully saturated rings. The van der Waals surface area contributed by atoms with Crippen molar-refractivity contribution in [3.05, 3.63) is 0 Å². The molecule has 0 radical (unpaired) electrons. The highest BCUT2D eigenvalue weighted by molar-refractivity contribution is 5.00. The minimum Gasteiger partial charge on any atom is -0.311 e. The van der Waals surface area contributed by atoms with E-state index in [4.69, 9.17) is 0 Å². The van der Waals surface area contributed by atoms with Gasteiger partial charge in [0.05, 0.1) is 0 Å². The zero-order valence-corrected chi connectivity index (χ0v) is 7.69. The minimum atomic E-state index is 0.582. The first-order chi connectivity index (χ1) is 5.22. The molecule has 2 atom stereocenters. The van der Waals surface area contributed by atoms with E-state index >= 15 is 0 Å². The summed E-state index contributed by atoms with van der Waals surface area (Å²) in [5, 5.41) is 3.69. The third-order valence-corrected chi connectivity index (χ3v) is 3.73. The molecule has 0 aromatic carbocycles. The zero-order chi connectivity index (χ0) is 7.90. The molecule has 1 saturated heterocycles. The molecule has 1 heterocycles. The summed E-state index contributed by atoms with van der Waals surface area (Å²) < 4.78 is 0. The van der Waals surface area contributed by atoms with Gasteiger partial charge in [0.15, 0.2) is 0 Å².